The Morgan fingerprint density at radius 2 is 2.29 bits per heavy atom. The molecule has 1 aliphatic heterocycles. The zero-order valence-corrected chi connectivity index (χ0v) is 11.9. The second-order valence-corrected chi connectivity index (χ2v) is 5.26. The normalized spacial score (nSPS) is 18.1. The molecule has 2 aromatic heterocycles. The van der Waals surface area contributed by atoms with E-state index in [1.165, 1.54) is 0 Å². The van der Waals surface area contributed by atoms with Crippen LogP contribution >= 0.6 is 0 Å². The quantitative estimate of drug-likeness (QED) is 0.895. The standard InChI is InChI=1S/C14H18N6O/c1-10-16-6-8-19(10)9-11-3-2-7-20(11)13-5-4-12(14(15)21)17-18-13/h4-6,8,11H,2-3,7,9H2,1H3,(H2,15,21)/t11-/m0/s1. The summed E-state index contributed by atoms with van der Waals surface area (Å²) in [5, 5.41) is 8.02. The van der Waals surface area contributed by atoms with Crippen molar-refractivity contribution in [3.63, 3.8) is 0 Å². The molecule has 0 aromatic carbocycles. The molecule has 1 aliphatic rings. The first kappa shape index (κ1) is 13.5. The average Bonchev–Trinajstić information content (AvgIpc) is 3.09. The van der Waals surface area contributed by atoms with Gasteiger partial charge in [0.05, 0.1) is 0 Å². The first-order valence-electron chi connectivity index (χ1n) is 7.03. The third-order valence-electron chi connectivity index (χ3n) is 3.91. The largest absolute Gasteiger partial charge is 0.364 e. The second-order valence-electron chi connectivity index (χ2n) is 5.26. The molecular formula is C14H18N6O. The van der Waals surface area contributed by atoms with E-state index in [0.717, 1.165) is 37.6 Å². The zero-order chi connectivity index (χ0) is 14.8. The van der Waals surface area contributed by atoms with E-state index in [2.05, 4.69) is 24.6 Å². The van der Waals surface area contributed by atoms with Crippen molar-refractivity contribution in [3.8, 4) is 0 Å². The molecule has 3 rings (SSSR count). The van der Waals surface area contributed by atoms with Gasteiger partial charge in [0, 0.05) is 31.5 Å². The summed E-state index contributed by atoms with van der Waals surface area (Å²) in [7, 11) is 0. The molecule has 0 saturated carbocycles. The molecule has 7 nitrogen and oxygen atoms in total. The molecule has 7 heteroatoms. The van der Waals surface area contributed by atoms with Gasteiger partial charge in [-0.1, -0.05) is 0 Å². The molecule has 0 unspecified atom stereocenters. The first-order chi connectivity index (χ1) is 10.1. The van der Waals surface area contributed by atoms with Crippen LogP contribution in [0.25, 0.3) is 0 Å². The smallest absolute Gasteiger partial charge is 0.269 e. The summed E-state index contributed by atoms with van der Waals surface area (Å²) in [4.78, 5) is 17.5. The Hall–Kier alpha value is -2.44. The molecule has 0 aliphatic carbocycles. The highest BCUT2D eigenvalue weighted by molar-refractivity contribution is 5.90. The highest BCUT2D eigenvalue weighted by Crippen LogP contribution is 2.24. The van der Waals surface area contributed by atoms with Crippen molar-refractivity contribution in [2.75, 3.05) is 11.4 Å². The van der Waals surface area contributed by atoms with E-state index in [1.54, 1.807) is 6.07 Å². The SMILES string of the molecule is Cc1nccn1C[C@@H]1CCCN1c1ccc(C(N)=O)nn1. The van der Waals surface area contributed by atoms with E-state index in [0.29, 0.717) is 6.04 Å². The van der Waals surface area contributed by atoms with Crippen LogP contribution in [0.1, 0.15) is 29.2 Å². The van der Waals surface area contributed by atoms with Crippen molar-refractivity contribution in [2.24, 2.45) is 5.73 Å². The van der Waals surface area contributed by atoms with Crippen molar-refractivity contribution in [3.05, 3.63) is 36.0 Å². The number of hydrogen-bond donors (Lipinski definition) is 1. The molecule has 0 radical (unpaired) electrons. The third-order valence-corrected chi connectivity index (χ3v) is 3.91. The van der Waals surface area contributed by atoms with Gasteiger partial charge in [-0.05, 0) is 31.9 Å². The lowest BCUT2D eigenvalue weighted by Crippen LogP contribution is -2.34. The van der Waals surface area contributed by atoms with Gasteiger partial charge in [0.25, 0.3) is 5.91 Å². The van der Waals surface area contributed by atoms with Crippen LogP contribution in [-0.2, 0) is 6.54 Å². The number of imidazole rings is 1. The maximum atomic E-state index is 11.0. The van der Waals surface area contributed by atoms with E-state index < -0.39 is 5.91 Å². The molecule has 1 amide bonds. The molecule has 110 valence electrons. The Morgan fingerprint density at radius 1 is 1.43 bits per heavy atom. The number of anilines is 1. The maximum absolute atomic E-state index is 11.0. The molecule has 3 heterocycles. The van der Waals surface area contributed by atoms with Gasteiger partial charge in [-0.3, -0.25) is 4.79 Å². The molecule has 1 atom stereocenters. The van der Waals surface area contributed by atoms with Gasteiger partial charge in [-0.15, -0.1) is 10.2 Å². The van der Waals surface area contributed by atoms with E-state index in [4.69, 9.17) is 5.73 Å². The van der Waals surface area contributed by atoms with Gasteiger partial charge in [-0.25, -0.2) is 4.98 Å². The number of aromatic nitrogens is 4. The number of nitrogens with zero attached hydrogens (tertiary/aromatic N) is 5. The Labute approximate surface area is 122 Å². The van der Waals surface area contributed by atoms with Crippen molar-refractivity contribution < 1.29 is 4.79 Å². The topological polar surface area (TPSA) is 89.9 Å². The van der Waals surface area contributed by atoms with Gasteiger partial charge in [0.2, 0.25) is 0 Å². The van der Waals surface area contributed by atoms with E-state index in [-0.39, 0.29) is 5.69 Å². The van der Waals surface area contributed by atoms with Crippen LogP contribution in [0, 0.1) is 6.92 Å². The lowest BCUT2D eigenvalue weighted by molar-refractivity contribution is 0.0994. The Morgan fingerprint density at radius 3 is 2.90 bits per heavy atom. The molecule has 0 spiro atoms. The molecule has 2 N–H and O–H groups in total. The molecule has 21 heavy (non-hydrogen) atoms. The van der Waals surface area contributed by atoms with Gasteiger partial charge >= 0.3 is 0 Å². The number of rotatable bonds is 4. The van der Waals surface area contributed by atoms with Gasteiger partial charge in [0.1, 0.15) is 5.82 Å². The number of carbonyl (C=O) groups is 1. The van der Waals surface area contributed by atoms with E-state index in [9.17, 15) is 4.79 Å². The summed E-state index contributed by atoms with van der Waals surface area (Å²) < 4.78 is 2.15. The van der Waals surface area contributed by atoms with Crippen LogP contribution < -0.4 is 10.6 Å². The fourth-order valence-corrected chi connectivity index (χ4v) is 2.76. The van der Waals surface area contributed by atoms with Crippen LogP contribution in [0.5, 0.6) is 0 Å². The fraction of sp³-hybridized carbons (Fsp3) is 0.429. The Bertz CT molecular complexity index is 635. The average molecular weight is 286 g/mol. The minimum absolute atomic E-state index is 0.194. The summed E-state index contributed by atoms with van der Waals surface area (Å²) >= 11 is 0. The first-order valence-corrected chi connectivity index (χ1v) is 7.03. The zero-order valence-electron chi connectivity index (χ0n) is 11.9. The minimum atomic E-state index is -0.555. The van der Waals surface area contributed by atoms with Crippen LogP contribution in [0.3, 0.4) is 0 Å². The number of aryl methyl sites for hydroxylation is 1. The molecule has 1 fully saturated rings. The van der Waals surface area contributed by atoms with Crippen LogP contribution in [0.4, 0.5) is 5.82 Å². The molecule has 1 saturated heterocycles. The maximum Gasteiger partial charge on any atom is 0.269 e. The highest BCUT2D eigenvalue weighted by Gasteiger charge is 2.26. The highest BCUT2D eigenvalue weighted by atomic mass is 16.1. The summed E-state index contributed by atoms with van der Waals surface area (Å²) in [6.07, 6.45) is 6.04. The lowest BCUT2D eigenvalue weighted by atomic mass is 10.2. The predicted molar refractivity (Wildman–Crippen MR) is 77.9 cm³/mol. The molecule has 0 bridgehead atoms. The third kappa shape index (κ3) is 2.72. The van der Waals surface area contributed by atoms with Crippen LogP contribution in [-0.4, -0.2) is 38.2 Å². The number of carbonyl (C=O) groups excluding carboxylic acids is 1. The van der Waals surface area contributed by atoms with Crippen molar-refractivity contribution >= 4 is 11.7 Å². The summed E-state index contributed by atoms with van der Waals surface area (Å²) in [5.41, 5.74) is 5.38. The second kappa shape index (κ2) is 5.51. The lowest BCUT2D eigenvalue weighted by Gasteiger charge is -2.26. The Balaban J connectivity index is 1.77. The molecule has 2 aromatic rings. The number of amides is 1. The van der Waals surface area contributed by atoms with E-state index in [1.807, 2.05) is 25.4 Å². The van der Waals surface area contributed by atoms with E-state index >= 15 is 0 Å². The van der Waals surface area contributed by atoms with Crippen molar-refractivity contribution in [1.82, 2.24) is 19.7 Å². The number of hydrogen-bond acceptors (Lipinski definition) is 5. The number of primary amides is 1. The predicted octanol–water partition coefficient (Wildman–Crippen LogP) is 0.749. The van der Waals surface area contributed by atoms with Crippen molar-refractivity contribution in [1.29, 1.82) is 0 Å². The monoisotopic (exact) mass is 286 g/mol. The van der Waals surface area contributed by atoms with Gasteiger partial charge < -0.3 is 15.2 Å². The fourth-order valence-electron chi connectivity index (χ4n) is 2.76. The van der Waals surface area contributed by atoms with Crippen molar-refractivity contribution in [2.45, 2.75) is 32.4 Å². The summed E-state index contributed by atoms with van der Waals surface area (Å²) in [6, 6.07) is 3.81. The van der Waals surface area contributed by atoms with Gasteiger partial charge in [0.15, 0.2) is 11.5 Å². The van der Waals surface area contributed by atoms with Crippen LogP contribution in [0.15, 0.2) is 24.5 Å². The number of nitrogens with two attached hydrogens (primary N) is 1. The minimum Gasteiger partial charge on any atom is -0.364 e. The van der Waals surface area contributed by atoms with Gasteiger partial charge in [-0.2, -0.15) is 0 Å². The Kier molecular flexibility index (Phi) is 3.55. The summed E-state index contributed by atoms with van der Waals surface area (Å²) in [5.74, 6) is 1.25. The van der Waals surface area contributed by atoms with Crippen LogP contribution in [0.2, 0.25) is 0 Å². The summed E-state index contributed by atoms with van der Waals surface area (Å²) in [6.45, 7) is 3.83. The molecular weight excluding hydrogens is 268 g/mol.